The number of hydrogen-bond donors (Lipinski definition) is 0. The van der Waals surface area contributed by atoms with Crippen molar-refractivity contribution in [3.05, 3.63) is 68.8 Å². The number of nitrogens with one attached hydrogen (secondary N) is 1. The number of rotatable bonds is 1. The first-order valence-corrected chi connectivity index (χ1v) is 9.33. The zero-order chi connectivity index (χ0) is 21.6. The largest absolute Gasteiger partial charge is 0.542 e. The number of carboxylic acids is 1. The highest BCUT2D eigenvalue weighted by atomic mass is 35.5. The van der Waals surface area contributed by atoms with Crippen LogP contribution in [0.4, 0.5) is 13.2 Å². The average Bonchev–Trinajstić information content (AvgIpc) is 3.08. The van der Waals surface area contributed by atoms with Gasteiger partial charge in [-0.3, -0.25) is 0 Å². The Hall–Kier alpha value is -2.89. The van der Waals surface area contributed by atoms with Gasteiger partial charge in [0.2, 0.25) is 5.69 Å². The van der Waals surface area contributed by atoms with Crippen LogP contribution in [0, 0.1) is 25.7 Å². The Bertz CT molecular complexity index is 1070. The zero-order valence-electron chi connectivity index (χ0n) is 15.2. The first-order valence-electron chi connectivity index (χ1n) is 8.07. The van der Waals surface area contributed by atoms with Crippen LogP contribution in [0.5, 0.6) is 0 Å². The van der Waals surface area contributed by atoms with E-state index >= 15 is 0 Å². The summed E-state index contributed by atoms with van der Waals surface area (Å²) in [5, 5.41) is 12.6. The molecule has 29 heavy (non-hydrogen) atoms. The van der Waals surface area contributed by atoms with Crippen LogP contribution in [0.3, 0.4) is 0 Å². The van der Waals surface area contributed by atoms with E-state index in [1.807, 2.05) is 49.7 Å². The molecule has 0 fully saturated rings. The quantitative estimate of drug-likeness (QED) is 0.545. The van der Waals surface area contributed by atoms with Crippen molar-refractivity contribution in [1.82, 2.24) is 4.98 Å². The molecule has 0 aliphatic rings. The minimum absolute atomic E-state index is 0.772. The van der Waals surface area contributed by atoms with E-state index in [2.05, 4.69) is 27.9 Å². The van der Waals surface area contributed by atoms with E-state index < -0.39 is 12.1 Å². The van der Waals surface area contributed by atoms with Crippen LogP contribution in [-0.4, -0.2) is 17.1 Å². The van der Waals surface area contributed by atoms with Crippen molar-refractivity contribution < 1.29 is 28.1 Å². The number of hydrogen-bond acceptors (Lipinski definition) is 4. The van der Waals surface area contributed by atoms with Crippen LogP contribution >= 0.6 is 22.9 Å². The number of H-pyrrole nitrogens is 1. The summed E-state index contributed by atoms with van der Waals surface area (Å²) in [6.45, 7) is 4.00. The molecule has 0 amide bonds. The van der Waals surface area contributed by atoms with E-state index in [0.29, 0.717) is 0 Å². The maximum atomic E-state index is 10.5. The van der Waals surface area contributed by atoms with E-state index in [9.17, 15) is 13.2 Å². The number of alkyl halides is 3. The third-order valence-corrected chi connectivity index (χ3v) is 4.74. The predicted molar refractivity (Wildman–Crippen MR) is 102 cm³/mol. The van der Waals surface area contributed by atoms with E-state index in [1.54, 1.807) is 11.3 Å². The lowest BCUT2D eigenvalue weighted by atomic mass is 10.0. The second-order valence-corrected chi connectivity index (χ2v) is 7.16. The molecule has 9 heteroatoms. The summed E-state index contributed by atoms with van der Waals surface area (Å²) >= 11 is 7.78. The third-order valence-electron chi connectivity index (χ3n) is 3.56. The van der Waals surface area contributed by atoms with Gasteiger partial charge in [-0.2, -0.15) is 13.2 Å². The van der Waals surface area contributed by atoms with Gasteiger partial charge in [0.1, 0.15) is 11.7 Å². The number of carbonyl (C=O) groups is 1. The number of pyridine rings is 1. The molecule has 2 aromatic heterocycles. The number of aromatic nitrogens is 2. The van der Waals surface area contributed by atoms with Crippen LogP contribution in [-0.2, 0) is 4.79 Å². The highest BCUT2D eigenvalue weighted by molar-refractivity contribution is 7.09. The number of carboxylic acid groups (broad SMARTS) is 1. The van der Waals surface area contributed by atoms with Crippen LogP contribution in [0.15, 0.2) is 41.9 Å². The fraction of sp³-hybridized carbons (Fsp3) is 0.150. The number of aliphatic carboxylic acids is 1. The van der Waals surface area contributed by atoms with Crippen molar-refractivity contribution in [2.75, 3.05) is 0 Å². The monoisotopic (exact) mass is 438 g/mol. The first-order chi connectivity index (χ1) is 13.6. The smallest absolute Gasteiger partial charge is 0.430 e. The Balaban J connectivity index is 0.000000370. The number of aromatic amines is 1. The number of aryl methyl sites for hydroxylation is 1. The molecule has 3 aromatic rings. The Morgan fingerprint density at radius 2 is 1.90 bits per heavy atom. The van der Waals surface area contributed by atoms with Gasteiger partial charge in [0.15, 0.2) is 6.20 Å². The van der Waals surface area contributed by atoms with Gasteiger partial charge in [-0.1, -0.05) is 23.6 Å². The summed E-state index contributed by atoms with van der Waals surface area (Å²) in [7, 11) is 0. The zero-order valence-corrected chi connectivity index (χ0v) is 16.8. The van der Waals surface area contributed by atoms with Crippen molar-refractivity contribution in [2.45, 2.75) is 20.0 Å². The summed E-state index contributed by atoms with van der Waals surface area (Å²) in [6.07, 6.45) is -3.29. The summed E-state index contributed by atoms with van der Waals surface area (Å²) in [6, 6.07) is 9.93. The molecule has 0 atom stereocenters. The molecule has 0 unspecified atom stereocenters. The maximum Gasteiger partial charge on any atom is 0.430 e. The van der Waals surface area contributed by atoms with Crippen molar-refractivity contribution in [3.8, 4) is 23.1 Å². The molecule has 0 saturated heterocycles. The molecule has 1 aromatic carbocycles. The molecule has 150 valence electrons. The minimum atomic E-state index is -5.19. The fourth-order valence-electron chi connectivity index (χ4n) is 2.13. The van der Waals surface area contributed by atoms with E-state index in [0.717, 1.165) is 38.1 Å². The minimum Gasteiger partial charge on any atom is -0.542 e. The standard InChI is InChI=1S/C18H13ClN2S.C2HF3O2/c1-12-16(4-3-5-17(12)19)18-9-7-14(10-20-18)6-8-15-11-22-13(2)21-15;3-2(4,5)1(6)7/h3-5,7,9-11H,1-2H3;(H,6,7). The lowest BCUT2D eigenvalue weighted by molar-refractivity contribution is -0.364. The number of halogens is 4. The summed E-state index contributed by atoms with van der Waals surface area (Å²) < 4.78 is 31.5. The summed E-state index contributed by atoms with van der Waals surface area (Å²) in [4.78, 5) is 16.4. The molecule has 1 N–H and O–H groups in total. The third kappa shape index (κ3) is 6.59. The van der Waals surface area contributed by atoms with Crippen LogP contribution in [0.2, 0.25) is 5.02 Å². The molecular weight excluding hydrogens is 425 g/mol. The normalized spacial score (nSPS) is 10.4. The maximum absolute atomic E-state index is 10.5. The highest BCUT2D eigenvalue weighted by Crippen LogP contribution is 2.25. The Morgan fingerprint density at radius 3 is 2.41 bits per heavy atom. The van der Waals surface area contributed by atoms with E-state index in [-0.39, 0.29) is 0 Å². The van der Waals surface area contributed by atoms with Crippen LogP contribution in [0.25, 0.3) is 11.3 Å². The Morgan fingerprint density at radius 1 is 1.21 bits per heavy atom. The van der Waals surface area contributed by atoms with Gasteiger partial charge in [-0.05, 0) is 43.5 Å². The van der Waals surface area contributed by atoms with Crippen molar-refractivity contribution in [1.29, 1.82) is 0 Å². The lowest BCUT2D eigenvalue weighted by Crippen LogP contribution is -2.37. The second kappa shape index (κ2) is 9.54. The van der Waals surface area contributed by atoms with Crippen LogP contribution < -0.4 is 10.1 Å². The van der Waals surface area contributed by atoms with Gasteiger partial charge in [-0.15, -0.1) is 11.3 Å². The highest BCUT2D eigenvalue weighted by Gasteiger charge is 2.28. The molecular formula is C20H14ClF3N2O2S. The SMILES string of the molecule is Cc1nc(C#Cc2ccc(-c3cccc(Cl)c3C)[nH+]c2)cs1.O=C([O-])C(F)(F)F. The number of carbonyl (C=O) groups excluding carboxylic acids is 1. The molecule has 0 spiro atoms. The predicted octanol–water partition coefficient (Wildman–Crippen LogP) is 3.59. The first kappa shape index (κ1) is 22.4. The molecule has 0 aliphatic carbocycles. The lowest BCUT2D eigenvalue weighted by Gasteiger charge is -2.03. The molecule has 0 saturated carbocycles. The van der Waals surface area contributed by atoms with Gasteiger partial charge >= 0.3 is 6.18 Å². The Labute approximate surface area is 174 Å². The number of benzene rings is 1. The van der Waals surface area contributed by atoms with Crippen molar-refractivity contribution >= 4 is 28.9 Å². The molecule has 3 rings (SSSR count). The molecule has 2 heterocycles. The van der Waals surface area contributed by atoms with Gasteiger partial charge in [0, 0.05) is 16.5 Å². The fourth-order valence-corrected chi connectivity index (χ4v) is 2.85. The summed E-state index contributed by atoms with van der Waals surface area (Å²) in [5.41, 5.74) is 4.93. The molecule has 0 radical (unpaired) electrons. The number of nitrogens with zero attached hydrogens (tertiary/aromatic N) is 1. The van der Waals surface area contributed by atoms with Crippen molar-refractivity contribution in [2.24, 2.45) is 0 Å². The van der Waals surface area contributed by atoms with Gasteiger partial charge in [0.25, 0.3) is 0 Å². The van der Waals surface area contributed by atoms with Gasteiger partial charge in [-0.25, -0.2) is 9.97 Å². The van der Waals surface area contributed by atoms with E-state index in [1.165, 1.54) is 0 Å². The van der Waals surface area contributed by atoms with Gasteiger partial charge in [0.05, 0.1) is 16.1 Å². The molecule has 0 aliphatic heterocycles. The molecule has 4 nitrogen and oxygen atoms in total. The molecule has 0 bridgehead atoms. The van der Waals surface area contributed by atoms with E-state index in [4.69, 9.17) is 21.5 Å². The average molecular weight is 439 g/mol. The topological polar surface area (TPSA) is 67.2 Å². The Kier molecular flexibility index (Phi) is 7.37. The number of thiazole rings is 1. The summed E-state index contributed by atoms with van der Waals surface area (Å²) in [5.74, 6) is 3.18. The second-order valence-electron chi connectivity index (χ2n) is 5.69. The van der Waals surface area contributed by atoms with Crippen LogP contribution in [0.1, 0.15) is 21.8 Å². The van der Waals surface area contributed by atoms with Gasteiger partial charge < -0.3 is 9.90 Å². The van der Waals surface area contributed by atoms with Crippen molar-refractivity contribution in [3.63, 3.8) is 0 Å².